The van der Waals surface area contributed by atoms with Crippen molar-refractivity contribution in [2.45, 2.75) is 19.0 Å². The molecule has 1 heterocycles. The number of benzene rings is 2. The van der Waals surface area contributed by atoms with E-state index in [1.165, 1.54) is 12.0 Å². The van der Waals surface area contributed by atoms with Gasteiger partial charge in [-0.05, 0) is 23.3 Å². The van der Waals surface area contributed by atoms with Gasteiger partial charge in [0.1, 0.15) is 0 Å². The van der Waals surface area contributed by atoms with E-state index in [-0.39, 0.29) is 35.8 Å². The number of imide groups is 1. The first-order valence-electron chi connectivity index (χ1n) is 8.96. The van der Waals surface area contributed by atoms with E-state index in [1.807, 2.05) is 30.3 Å². The van der Waals surface area contributed by atoms with Gasteiger partial charge >= 0.3 is 5.97 Å². The lowest BCUT2D eigenvalue weighted by atomic mass is 10.0. The van der Waals surface area contributed by atoms with Gasteiger partial charge in [0, 0.05) is 5.56 Å². The zero-order valence-corrected chi connectivity index (χ0v) is 16.6. The molecular weight excluding hydrogens is 392 g/mol. The van der Waals surface area contributed by atoms with Crippen LogP contribution in [0.5, 0.6) is 0 Å². The first-order valence-corrected chi connectivity index (χ1v) is 9.95. The SMILES string of the molecule is COC(=O)C[C@H](NC(=O)c1cccc(CN2C(=O)CSC2=O)c1)c1ccccc1. The number of nitrogens with zero attached hydrogens (tertiary/aromatic N) is 1. The molecule has 1 fully saturated rings. The quantitative estimate of drug-likeness (QED) is 0.703. The van der Waals surface area contributed by atoms with Crippen molar-refractivity contribution < 1.29 is 23.9 Å². The second-order valence-electron chi connectivity index (χ2n) is 6.45. The van der Waals surface area contributed by atoms with Gasteiger partial charge in [0.25, 0.3) is 11.1 Å². The minimum Gasteiger partial charge on any atom is -0.469 e. The van der Waals surface area contributed by atoms with Gasteiger partial charge in [0.15, 0.2) is 0 Å². The van der Waals surface area contributed by atoms with Crippen LogP contribution in [0, 0.1) is 0 Å². The molecule has 29 heavy (non-hydrogen) atoms. The Labute approximate surface area is 172 Å². The smallest absolute Gasteiger partial charge is 0.307 e. The molecule has 0 aliphatic carbocycles. The highest BCUT2D eigenvalue weighted by atomic mass is 32.2. The molecule has 3 amide bonds. The molecule has 0 aromatic heterocycles. The zero-order valence-electron chi connectivity index (χ0n) is 15.8. The van der Waals surface area contributed by atoms with Gasteiger partial charge < -0.3 is 10.1 Å². The maximum Gasteiger partial charge on any atom is 0.307 e. The van der Waals surface area contributed by atoms with E-state index in [2.05, 4.69) is 5.32 Å². The molecule has 0 bridgehead atoms. The second-order valence-corrected chi connectivity index (χ2v) is 7.38. The maximum atomic E-state index is 12.8. The van der Waals surface area contributed by atoms with Crippen LogP contribution < -0.4 is 5.32 Å². The lowest BCUT2D eigenvalue weighted by Gasteiger charge is -2.19. The zero-order chi connectivity index (χ0) is 20.8. The lowest BCUT2D eigenvalue weighted by Crippen LogP contribution is -2.31. The van der Waals surface area contributed by atoms with Gasteiger partial charge in [-0.3, -0.25) is 24.1 Å². The number of hydrogen-bond donors (Lipinski definition) is 1. The summed E-state index contributed by atoms with van der Waals surface area (Å²) in [6, 6.07) is 15.3. The Morgan fingerprint density at radius 1 is 1.14 bits per heavy atom. The number of amides is 3. The van der Waals surface area contributed by atoms with Crippen molar-refractivity contribution in [2.24, 2.45) is 0 Å². The highest BCUT2D eigenvalue weighted by molar-refractivity contribution is 8.14. The molecular formula is C21H20N2O5S. The molecule has 1 atom stereocenters. The van der Waals surface area contributed by atoms with E-state index in [0.29, 0.717) is 11.1 Å². The molecule has 0 spiro atoms. The Morgan fingerprint density at radius 2 is 1.90 bits per heavy atom. The van der Waals surface area contributed by atoms with Crippen molar-refractivity contribution in [1.29, 1.82) is 0 Å². The summed E-state index contributed by atoms with van der Waals surface area (Å²) in [6.07, 6.45) is -0.0000510. The Morgan fingerprint density at radius 3 is 2.55 bits per heavy atom. The van der Waals surface area contributed by atoms with E-state index < -0.39 is 12.0 Å². The molecule has 1 aliphatic heterocycles. The minimum absolute atomic E-state index is 0.0000510. The summed E-state index contributed by atoms with van der Waals surface area (Å²) >= 11 is 0.971. The van der Waals surface area contributed by atoms with Crippen LogP contribution in [0.4, 0.5) is 4.79 Å². The van der Waals surface area contributed by atoms with E-state index >= 15 is 0 Å². The predicted molar refractivity (Wildman–Crippen MR) is 108 cm³/mol. The molecule has 0 unspecified atom stereocenters. The summed E-state index contributed by atoms with van der Waals surface area (Å²) in [4.78, 5) is 49.3. The van der Waals surface area contributed by atoms with Crippen LogP contribution in [-0.2, 0) is 20.9 Å². The van der Waals surface area contributed by atoms with Crippen molar-refractivity contribution >= 4 is 34.8 Å². The van der Waals surface area contributed by atoms with Crippen molar-refractivity contribution in [3.05, 3.63) is 71.3 Å². The number of nitrogens with one attached hydrogen (secondary N) is 1. The number of hydrogen-bond acceptors (Lipinski definition) is 6. The number of rotatable bonds is 7. The summed E-state index contributed by atoms with van der Waals surface area (Å²) in [5.41, 5.74) is 1.83. The number of methoxy groups -OCH3 is 1. The average Bonchev–Trinajstić information content (AvgIpc) is 3.06. The van der Waals surface area contributed by atoms with Gasteiger partial charge in [-0.15, -0.1) is 0 Å². The first kappa shape index (κ1) is 20.6. The van der Waals surface area contributed by atoms with Crippen LogP contribution in [-0.4, -0.2) is 40.8 Å². The molecule has 3 rings (SSSR count). The Bertz CT molecular complexity index is 916. The minimum atomic E-state index is -0.544. The van der Waals surface area contributed by atoms with Crippen LogP contribution in [0.1, 0.15) is 33.9 Å². The molecule has 2 aromatic rings. The van der Waals surface area contributed by atoms with Crippen molar-refractivity contribution in [3.63, 3.8) is 0 Å². The van der Waals surface area contributed by atoms with Gasteiger partial charge in [0.05, 0.1) is 31.9 Å². The van der Waals surface area contributed by atoms with Crippen molar-refractivity contribution in [3.8, 4) is 0 Å². The van der Waals surface area contributed by atoms with Gasteiger partial charge in [-0.2, -0.15) is 0 Å². The van der Waals surface area contributed by atoms with E-state index in [9.17, 15) is 19.2 Å². The first-order chi connectivity index (χ1) is 14.0. The summed E-state index contributed by atoms with van der Waals surface area (Å²) in [5, 5.41) is 2.58. The van der Waals surface area contributed by atoms with E-state index in [4.69, 9.17) is 4.74 Å². The summed E-state index contributed by atoms with van der Waals surface area (Å²) in [7, 11) is 1.30. The molecule has 2 aromatic carbocycles. The lowest BCUT2D eigenvalue weighted by molar-refractivity contribution is -0.141. The van der Waals surface area contributed by atoms with Crippen LogP contribution in [0.3, 0.4) is 0 Å². The van der Waals surface area contributed by atoms with Crippen LogP contribution >= 0.6 is 11.8 Å². The molecule has 0 saturated carbocycles. The van der Waals surface area contributed by atoms with Crippen LogP contribution in [0.2, 0.25) is 0 Å². The Balaban J connectivity index is 1.75. The summed E-state index contributed by atoms with van der Waals surface area (Å²) in [6.45, 7) is 0.121. The van der Waals surface area contributed by atoms with Crippen molar-refractivity contribution in [2.75, 3.05) is 12.9 Å². The summed E-state index contributed by atoms with van der Waals surface area (Å²) in [5.74, 6) is -0.891. The number of carbonyl (C=O) groups excluding carboxylic acids is 4. The van der Waals surface area contributed by atoms with E-state index in [1.54, 1.807) is 24.3 Å². The molecule has 1 N–H and O–H groups in total. The van der Waals surface area contributed by atoms with Crippen LogP contribution in [0.15, 0.2) is 54.6 Å². The predicted octanol–water partition coefficient (Wildman–Crippen LogP) is 2.92. The second kappa shape index (κ2) is 9.38. The fourth-order valence-electron chi connectivity index (χ4n) is 2.96. The van der Waals surface area contributed by atoms with Gasteiger partial charge in [0.2, 0.25) is 5.91 Å². The molecule has 7 nitrogen and oxygen atoms in total. The third kappa shape index (κ3) is 5.23. The molecule has 0 radical (unpaired) electrons. The summed E-state index contributed by atoms with van der Waals surface area (Å²) < 4.78 is 4.74. The monoisotopic (exact) mass is 412 g/mol. The topological polar surface area (TPSA) is 92.8 Å². The Hall–Kier alpha value is -3.13. The van der Waals surface area contributed by atoms with Crippen molar-refractivity contribution in [1.82, 2.24) is 10.2 Å². The third-order valence-corrected chi connectivity index (χ3v) is 5.33. The average molecular weight is 412 g/mol. The third-order valence-electron chi connectivity index (χ3n) is 4.48. The number of carbonyl (C=O) groups is 4. The standard InChI is InChI=1S/C21H20N2O5S/c1-28-19(25)11-17(15-7-3-2-4-8-15)22-20(26)16-9-5-6-14(10-16)12-23-18(24)13-29-21(23)27/h2-10,17H,11-13H2,1H3,(H,22,26)/t17-/m0/s1. The van der Waals surface area contributed by atoms with Gasteiger partial charge in [-0.1, -0.05) is 54.2 Å². The Kier molecular flexibility index (Phi) is 6.66. The van der Waals surface area contributed by atoms with E-state index in [0.717, 1.165) is 17.3 Å². The number of esters is 1. The molecule has 150 valence electrons. The fraction of sp³-hybridized carbons (Fsp3) is 0.238. The van der Waals surface area contributed by atoms with Gasteiger partial charge in [-0.25, -0.2) is 0 Å². The highest BCUT2D eigenvalue weighted by Gasteiger charge is 2.30. The molecule has 8 heteroatoms. The fourth-order valence-corrected chi connectivity index (χ4v) is 3.68. The normalized spacial score (nSPS) is 14.6. The molecule has 1 saturated heterocycles. The molecule has 1 aliphatic rings. The largest absolute Gasteiger partial charge is 0.469 e. The highest BCUT2D eigenvalue weighted by Crippen LogP contribution is 2.22. The maximum absolute atomic E-state index is 12.8. The number of thioether (sulfide) groups is 1. The van der Waals surface area contributed by atoms with Crippen LogP contribution in [0.25, 0.3) is 0 Å². The number of ether oxygens (including phenoxy) is 1.